The SMILES string of the molecule is CC(=O)NC1=NN(C)C(=O)/C1=C/C=C1\N(C)c2ccccc2C1(C)C. The lowest BCUT2D eigenvalue weighted by Gasteiger charge is -2.23. The van der Waals surface area contributed by atoms with Crippen LogP contribution in [0.2, 0.25) is 0 Å². The number of rotatable bonds is 1. The minimum atomic E-state index is -0.258. The fourth-order valence-electron chi connectivity index (χ4n) is 3.40. The first-order chi connectivity index (χ1) is 11.7. The number of hydrogen-bond acceptors (Lipinski definition) is 4. The highest BCUT2D eigenvalue weighted by molar-refractivity contribution is 6.26. The number of hydrazone groups is 1. The average Bonchev–Trinajstić information content (AvgIpc) is 2.91. The molecule has 2 aliphatic heterocycles. The first-order valence-corrected chi connectivity index (χ1v) is 8.14. The Kier molecular flexibility index (Phi) is 3.99. The maximum Gasteiger partial charge on any atom is 0.277 e. The Morgan fingerprint density at radius 1 is 1.20 bits per heavy atom. The van der Waals surface area contributed by atoms with E-state index in [2.05, 4.69) is 41.3 Å². The van der Waals surface area contributed by atoms with E-state index in [0.29, 0.717) is 5.57 Å². The Hall–Kier alpha value is -2.89. The van der Waals surface area contributed by atoms with Crippen LogP contribution in [0.1, 0.15) is 26.3 Å². The van der Waals surface area contributed by atoms with Gasteiger partial charge in [0.25, 0.3) is 5.91 Å². The zero-order valence-corrected chi connectivity index (χ0v) is 15.1. The van der Waals surface area contributed by atoms with E-state index in [4.69, 9.17) is 0 Å². The number of nitrogens with one attached hydrogen (secondary N) is 1. The summed E-state index contributed by atoms with van der Waals surface area (Å²) in [5, 5.41) is 7.93. The van der Waals surface area contributed by atoms with E-state index in [-0.39, 0.29) is 23.1 Å². The first kappa shape index (κ1) is 17.0. The van der Waals surface area contributed by atoms with Crippen molar-refractivity contribution in [3.8, 4) is 0 Å². The van der Waals surface area contributed by atoms with Crippen LogP contribution >= 0.6 is 0 Å². The molecule has 2 aliphatic rings. The minimum Gasteiger partial charge on any atom is -0.347 e. The second kappa shape index (κ2) is 5.88. The maximum atomic E-state index is 12.3. The van der Waals surface area contributed by atoms with Crippen LogP contribution in [0.25, 0.3) is 0 Å². The number of likely N-dealkylation sites (N-methyl/N-ethyl adjacent to an activating group) is 2. The molecule has 3 rings (SSSR count). The Balaban J connectivity index is 2.01. The number of fused-ring (bicyclic) bond motifs is 1. The molecule has 0 unspecified atom stereocenters. The molecule has 0 fully saturated rings. The Labute approximate surface area is 147 Å². The number of allylic oxidation sites excluding steroid dienone is 3. The second-order valence-electron chi connectivity index (χ2n) is 6.79. The molecule has 0 aliphatic carbocycles. The van der Waals surface area contributed by atoms with Crippen LogP contribution in [0.4, 0.5) is 5.69 Å². The zero-order valence-electron chi connectivity index (χ0n) is 15.1. The predicted molar refractivity (Wildman–Crippen MR) is 98.1 cm³/mol. The quantitative estimate of drug-likeness (QED) is 0.798. The number of amidine groups is 1. The van der Waals surface area contributed by atoms with Crippen LogP contribution in [0.15, 0.2) is 52.8 Å². The van der Waals surface area contributed by atoms with Crippen molar-refractivity contribution in [2.24, 2.45) is 5.10 Å². The van der Waals surface area contributed by atoms with Crippen molar-refractivity contribution < 1.29 is 9.59 Å². The third-order valence-corrected chi connectivity index (χ3v) is 4.67. The van der Waals surface area contributed by atoms with E-state index in [1.807, 2.05) is 25.3 Å². The number of para-hydroxylation sites is 1. The number of nitrogens with zero attached hydrogens (tertiary/aromatic N) is 3. The van der Waals surface area contributed by atoms with Gasteiger partial charge in [0.1, 0.15) is 0 Å². The largest absolute Gasteiger partial charge is 0.347 e. The molecule has 130 valence electrons. The van der Waals surface area contributed by atoms with Gasteiger partial charge in [-0.15, -0.1) is 0 Å². The normalized spacial score (nSPS) is 21.8. The van der Waals surface area contributed by atoms with Crippen LogP contribution in [-0.4, -0.2) is 36.8 Å². The number of benzene rings is 1. The smallest absolute Gasteiger partial charge is 0.277 e. The Bertz CT molecular complexity index is 849. The molecule has 0 saturated heterocycles. The molecular weight excluding hydrogens is 316 g/mol. The maximum absolute atomic E-state index is 12.3. The van der Waals surface area contributed by atoms with Crippen molar-refractivity contribution in [2.45, 2.75) is 26.2 Å². The van der Waals surface area contributed by atoms with Gasteiger partial charge in [-0.3, -0.25) is 9.59 Å². The number of carbonyl (C=O) groups excluding carboxylic acids is 2. The summed E-state index contributed by atoms with van der Waals surface area (Å²) in [5.41, 5.74) is 3.67. The molecule has 2 heterocycles. The molecule has 0 spiro atoms. The zero-order chi connectivity index (χ0) is 18.4. The van der Waals surface area contributed by atoms with E-state index in [9.17, 15) is 9.59 Å². The molecule has 1 aromatic rings. The number of anilines is 1. The van der Waals surface area contributed by atoms with Crippen LogP contribution < -0.4 is 10.2 Å². The van der Waals surface area contributed by atoms with Gasteiger partial charge in [0.05, 0.1) is 5.57 Å². The van der Waals surface area contributed by atoms with E-state index in [0.717, 1.165) is 11.4 Å². The van der Waals surface area contributed by atoms with Gasteiger partial charge in [-0.05, 0) is 23.8 Å². The van der Waals surface area contributed by atoms with Crippen molar-refractivity contribution in [2.75, 3.05) is 19.0 Å². The van der Waals surface area contributed by atoms with E-state index < -0.39 is 0 Å². The fourth-order valence-corrected chi connectivity index (χ4v) is 3.40. The number of amides is 2. The van der Waals surface area contributed by atoms with Gasteiger partial charge in [-0.2, -0.15) is 5.10 Å². The summed E-state index contributed by atoms with van der Waals surface area (Å²) in [4.78, 5) is 25.8. The van der Waals surface area contributed by atoms with Crippen molar-refractivity contribution >= 4 is 23.3 Å². The molecule has 6 nitrogen and oxygen atoms in total. The van der Waals surface area contributed by atoms with Gasteiger partial charge in [0.15, 0.2) is 5.84 Å². The summed E-state index contributed by atoms with van der Waals surface area (Å²) in [6.45, 7) is 5.71. The van der Waals surface area contributed by atoms with Gasteiger partial charge in [-0.25, -0.2) is 5.01 Å². The van der Waals surface area contributed by atoms with Crippen LogP contribution in [0.5, 0.6) is 0 Å². The molecule has 0 atom stereocenters. The van der Waals surface area contributed by atoms with Gasteiger partial charge in [0.2, 0.25) is 5.91 Å². The van der Waals surface area contributed by atoms with Gasteiger partial charge in [-0.1, -0.05) is 32.0 Å². The summed E-state index contributed by atoms with van der Waals surface area (Å²) >= 11 is 0. The summed E-state index contributed by atoms with van der Waals surface area (Å²) in [6.07, 6.45) is 3.67. The van der Waals surface area contributed by atoms with Crippen molar-refractivity contribution in [1.29, 1.82) is 0 Å². The molecule has 0 saturated carbocycles. The van der Waals surface area contributed by atoms with Crippen LogP contribution in [0, 0.1) is 0 Å². The molecular formula is C19H22N4O2. The third kappa shape index (κ3) is 2.73. The van der Waals surface area contributed by atoms with Gasteiger partial charge in [0, 0.05) is 37.8 Å². The molecule has 25 heavy (non-hydrogen) atoms. The Morgan fingerprint density at radius 3 is 2.52 bits per heavy atom. The van der Waals surface area contributed by atoms with Crippen molar-refractivity contribution in [1.82, 2.24) is 10.3 Å². The standard InChI is InChI=1S/C19H22N4O2/c1-12(24)20-17-13(18(25)23(5)21-17)10-11-16-19(2,3)14-8-6-7-9-15(14)22(16)4/h6-11H,1-5H3,(H,20,21,24)/b13-10+,16-11-. The highest BCUT2D eigenvalue weighted by atomic mass is 16.2. The first-order valence-electron chi connectivity index (χ1n) is 8.14. The van der Waals surface area contributed by atoms with Crippen molar-refractivity contribution in [3.63, 3.8) is 0 Å². The third-order valence-electron chi connectivity index (χ3n) is 4.67. The second-order valence-corrected chi connectivity index (χ2v) is 6.79. The van der Waals surface area contributed by atoms with Gasteiger partial charge < -0.3 is 10.2 Å². The van der Waals surface area contributed by atoms with Gasteiger partial charge >= 0.3 is 0 Å². The van der Waals surface area contributed by atoms with Crippen LogP contribution in [-0.2, 0) is 15.0 Å². The number of carbonyl (C=O) groups is 2. The lowest BCUT2D eigenvalue weighted by Crippen LogP contribution is -2.29. The van der Waals surface area contributed by atoms with E-state index in [1.165, 1.54) is 17.5 Å². The Morgan fingerprint density at radius 2 is 1.88 bits per heavy atom. The molecule has 0 radical (unpaired) electrons. The molecule has 1 aromatic carbocycles. The average molecular weight is 338 g/mol. The van der Waals surface area contributed by atoms with E-state index in [1.54, 1.807) is 13.1 Å². The molecule has 1 N–H and O–H groups in total. The topological polar surface area (TPSA) is 65.0 Å². The predicted octanol–water partition coefficient (Wildman–Crippen LogP) is 2.15. The monoisotopic (exact) mass is 338 g/mol. The summed E-state index contributed by atoms with van der Waals surface area (Å²) in [5.74, 6) is -0.212. The molecule has 0 aromatic heterocycles. The van der Waals surface area contributed by atoms with Crippen molar-refractivity contribution in [3.05, 3.63) is 53.3 Å². The lowest BCUT2D eigenvalue weighted by atomic mass is 9.83. The minimum absolute atomic E-state index is 0.179. The summed E-state index contributed by atoms with van der Waals surface area (Å²) < 4.78 is 0. The molecule has 2 amide bonds. The lowest BCUT2D eigenvalue weighted by molar-refractivity contribution is -0.124. The summed E-state index contributed by atoms with van der Waals surface area (Å²) in [6, 6.07) is 8.26. The fraction of sp³-hybridized carbons (Fsp3) is 0.316. The molecule has 6 heteroatoms. The number of hydrogen-bond donors (Lipinski definition) is 1. The summed E-state index contributed by atoms with van der Waals surface area (Å²) in [7, 11) is 3.59. The molecule has 0 bridgehead atoms. The van der Waals surface area contributed by atoms with E-state index >= 15 is 0 Å². The highest BCUT2D eigenvalue weighted by Crippen LogP contribution is 2.46. The highest BCUT2D eigenvalue weighted by Gasteiger charge is 2.38. The van der Waals surface area contributed by atoms with Crippen LogP contribution in [0.3, 0.4) is 0 Å².